The molecule has 1 rings (SSSR count). The second-order valence-corrected chi connectivity index (χ2v) is 6.44. The molecule has 0 aliphatic heterocycles. The number of aryl methyl sites for hydroxylation is 2. The van der Waals surface area contributed by atoms with Gasteiger partial charge in [-0.15, -0.1) is 0 Å². The van der Waals surface area contributed by atoms with Crippen LogP contribution < -0.4 is 5.32 Å². The van der Waals surface area contributed by atoms with Gasteiger partial charge >= 0.3 is 0 Å². The number of carbonyl (C=O) groups excluding carboxylic acids is 1. The number of hydrogen-bond donors (Lipinski definition) is 2. The molecule has 0 fully saturated rings. The fourth-order valence-corrected chi connectivity index (χ4v) is 2.23. The van der Waals surface area contributed by atoms with Gasteiger partial charge in [-0.2, -0.15) is 0 Å². The minimum Gasteiger partial charge on any atom is -0.394 e. The van der Waals surface area contributed by atoms with Gasteiger partial charge in [-0.1, -0.05) is 38.5 Å². The number of rotatable bonds is 4. The molecule has 0 saturated heterocycles. The zero-order valence-electron chi connectivity index (χ0n) is 12.6. The van der Waals surface area contributed by atoms with Crippen LogP contribution in [0.15, 0.2) is 18.2 Å². The smallest absolute Gasteiger partial charge is 0.251 e. The van der Waals surface area contributed by atoms with Gasteiger partial charge in [0.2, 0.25) is 0 Å². The fourth-order valence-electron chi connectivity index (χ4n) is 2.23. The molecule has 3 heteroatoms. The Morgan fingerprint density at radius 2 is 1.95 bits per heavy atom. The summed E-state index contributed by atoms with van der Waals surface area (Å²) >= 11 is 0. The Morgan fingerprint density at radius 3 is 2.42 bits per heavy atom. The van der Waals surface area contributed by atoms with Crippen LogP contribution in [0.25, 0.3) is 0 Å². The Morgan fingerprint density at radius 1 is 1.32 bits per heavy atom. The first-order chi connectivity index (χ1) is 8.73. The second kappa shape index (κ2) is 6.20. The zero-order valence-corrected chi connectivity index (χ0v) is 12.6. The van der Waals surface area contributed by atoms with Crippen molar-refractivity contribution in [3.05, 3.63) is 34.9 Å². The molecule has 0 aromatic heterocycles. The van der Waals surface area contributed by atoms with Crippen molar-refractivity contribution in [2.45, 2.75) is 47.1 Å². The molecule has 1 amide bonds. The maximum Gasteiger partial charge on any atom is 0.251 e. The van der Waals surface area contributed by atoms with Crippen LogP contribution in [-0.2, 0) is 0 Å². The van der Waals surface area contributed by atoms with E-state index in [0.717, 1.165) is 17.5 Å². The van der Waals surface area contributed by atoms with E-state index in [2.05, 4.69) is 26.1 Å². The summed E-state index contributed by atoms with van der Waals surface area (Å²) < 4.78 is 0. The van der Waals surface area contributed by atoms with Gasteiger partial charge < -0.3 is 10.4 Å². The first kappa shape index (κ1) is 15.7. The molecule has 2 N–H and O–H groups in total. The van der Waals surface area contributed by atoms with Crippen molar-refractivity contribution >= 4 is 5.91 Å². The van der Waals surface area contributed by atoms with Gasteiger partial charge in [0.15, 0.2) is 0 Å². The monoisotopic (exact) mass is 263 g/mol. The third-order valence-corrected chi connectivity index (χ3v) is 3.04. The lowest BCUT2D eigenvalue weighted by Gasteiger charge is -2.25. The van der Waals surface area contributed by atoms with Crippen LogP contribution in [0, 0.1) is 19.3 Å². The van der Waals surface area contributed by atoms with E-state index in [1.807, 2.05) is 32.0 Å². The summed E-state index contributed by atoms with van der Waals surface area (Å²) in [6.45, 7) is 10.2. The van der Waals surface area contributed by atoms with E-state index < -0.39 is 0 Å². The summed E-state index contributed by atoms with van der Waals surface area (Å²) in [5, 5.41) is 12.3. The summed E-state index contributed by atoms with van der Waals surface area (Å²) in [5.41, 5.74) is 2.86. The van der Waals surface area contributed by atoms with E-state index in [-0.39, 0.29) is 24.0 Å². The predicted molar refractivity (Wildman–Crippen MR) is 78.3 cm³/mol. The van der Waals surface area contributed by atoms with Crippen molar-refractivity contribution in [2.24, 2.45) is 5.41 Å². The highest BCUT2D eigenvalue weighted by Crippen LogP contribution is 2.21. The van der Waals surface area contributed by atoms with E-state index in [1.165, 1.54) is 0 Å². The summed E-state index contributed by atoms with van der Waals surface area (Å²) in [6, 6.07) is 5.56. The summed E-state index contributed by atoms with van der Waals surface area (Å²) in [7, 11) is 0. The Hall–Kier alpha value is -1.35. The Labute approximate surface area is 116 Å². The number of benzene rings is 1. The quantitative estimate of drug-likeness (QED) is 0.877. The number of nitrogens with one attached hydrogen (secondary N) is 1. The summed E-state index contributed by atoms with van der Waals surface area (Å²) in [5.74, 6) is -0.110. The third-order valence-electron chi connectivity index (χ3n) is 3.04. The van der Waals surface area contributed by atoms with E-state index in [0.29, 0.717) is 5.56 Å². The highest BCUT2D eigenvalue weighted by atomic mass is 16.3. The molecule has 1 aromatic carbocycles. The second-order valence-electron chi connectivity index (χ2n) is 6.44. The maximum atomic E-state index is 12.2. The van der Waals surface area contributed by atoms with Crippen molar-refractivity contribution in [1.82, 2.24) is 5.32 Å². The molecule has 1 aromatic rings. The standard InChI is InChI=1S/C16H25NO2/c1-11-6-7-14(12(2)8-11)15(19)17-13(10-18)9-16(3,4)5/h6-8,13,18H,9-10H2,1-5H3,(H,17,19). The number of aliphatic hydroxyl groups excluding tert-OH is 1. The Bertz CT molecular complexity index is 447. The number of hydrogen-bond acceptors (Lipinski definition) is 2. The van der Waals surface area contributed by atoms with Crippen molar-refractivity contribution in [2.75, 3.05) is 6.61 Å². The minimum absolute atomic E-state index is 0.0338. The van der Waals surface area contributed by atoms with Crippen LogP contribution >= 0.6 is 0 Å². The summed E-state index contributed by atoms with van der Waals surface area (Å²) in [4.78, 5) is 12.2. The highest BCUT2D eigenvalue weighted by molar-refractivity contribution is 5.95. The van der Waals surface area contributed by atoms with Gasteiger partial charge in [-0.25, -0.2) is 0 Å². The van der Waals surface area contributed by atoms with Gasteiger partial charge in [-0.05, 0) is 37.3 Å². The van der Waals surface area contributed by atoms with E-state index >= 15 is 0 Å². The molecule has 0 saturated carbocycles. The van der Waals surface area contributed by atoms with E-state index in [1.54, 1.807) is 0 Å². The predicted octanol–water partition coefficient (Wildman–Crippen LogP) is 2.83. The van der Waals surface area contributed by atoms with Crippen LogP contribution in [0.1, 0.15) is 48.7 Å². The maximum absolute atomic E-state index is 12.2. The van der Waals surface area contributed by atoms with Crippen LogP contribution in [0.2, 0.25) is 0 Å². The molecular weight excluding hydrogens is 238 g/mol. The highest BCUT2D eigenvalue weighted by Gasteiger charge is 2.20. The van der Waals surface area contributed by atoms with Gasteiger partial charge in [-0.3, -0.25) is 4.79 Å². The molecule has 0 aliphatic rings. The van der Waals surface area contributed by atoms with Crippen LogP contribution in [0.5, 0.6) is 0 Å². The summed E-state index contributed by atoms with van der Waals surface area (Å²) in [6.07, 6.45) is 0.750. The fraction of sp³-hybridized carbons (Fsp3) is 0.562. The topological polar surface area (TPSA) is 49.3 Å². The lowest BCUT2D eigenvalue weighted by atomic mass is 9.88. The molecule has 0 heterocycles. The van der Waals surface area contributed by atoms with Crippen molar-refractivity contribution < 1.29 is 9.90 Å². The van der Waals surface area contributed by atoms with Crippen molar-refractivity contribution in [3.63, 3.8) is 0 Å². The minimum atomic E-state index is -0.201. The molecule has 0 radical (unpaired) electrons. The first-order valence-corrected chi connectivity index (χ1v) is 6.72. The van der Waals surface area contributed by atoms with E-state index in [9.17, 15) is 9.90 Å². The number of amides is 1. The molecule has 1 unspecified atom stereocenters. The number of aliphatic hydroxyl groups is 1. The molecule has 0 spiro atoms. The number of carbonyl (C=O) groups is 1. The van der Waals surface area contributed by atoms with Crippen LogP contribution in [0.4, 0.5) is 0 Å². The van der Waals surface area contributed by atoms with Gasteiger partial charge in [0, 0.05) is 5.56 Å². The van der Waals surface area contributed by atoms with Gasteiger partial charge in [0.05, 0.1) is 12.6 Å². The molecule has 3 nitrogen and oxygen atoms in total. The molecule has 0 bridgehead atoms. The molecule has 19 heavy (non-hydrogen) atoms. The molecule has 1 atom stereocenters. The Balaban J connectivity index is 2.77. The average Bonchev–Trinajstić information content (AvgIpc) is 2.25. The van der Waals surface area contributed by atoms with Crippen molar-refractivity contribution in [1.29, 1.82) is 0 Å². The van der Waals surface area contributed by atoms with Crippen molar-refractivity contribution in [3.8, 4) is 0 Å². The van der Waals surface area contributed by atoms with Gasteiger partial charge in [0.25, 0.3) is 5.91 Å². The largest absolute Gasteiger partial charge is 0.394 e. The van der Waals surface area contributed by atoms with Crippen LogP contribution in [-0.4, -0.2) is 23.7 Å². The lowest BCUT2D eigenvalue weighted by molar-refractivity contribution is 0.0897. The molecular formula is C16H25NO2. The van der Waals surface area contributed by atoms with Crippen LogP contribution in [0.3, 0.4) is 0 Å². The normalized spacial score (nSPS) is 13.2. The van der Waals surface area contributed by atoms with E-state index in [4.69, 9.17) is 0 Å². The SMILES string of the molecule is Cc1ccc(C(=O)NC(CO)CC(C)(C)C)c(C)c1. The average molecular weight is 263 g/mol. The van der Waals surface area contributed by atoms with Gasteiger partial charge in [0.1, 0.15) is 0 Å². The molecule has 106 valence electrons. The third kappa shape index (κ3) is 5.03. The first-order valence-electron chi connectivity index (χ1n) is 6.72. The molecule has 0 aliphatic carbocycles. The lowest BCUT2D eigenvalue weighted by Crippen LogP contribution is -2.40. The zero-order chi connectivity index (χ0) is 14.6. The Kier molecular flexibility index (Phi) is 5.12.